The molecule has 0 unspecified atom stereocenters. The predicted molar refractivity (Wildman–Crippen MR) is 72.9 cm³/mol. The molecule has 0 aromatic heterocycles. The first kappa shape index (κ1) is 14.2. The zero-order chi connectivity index (χ0) is 9.68. The van der Waals surface area contributed by atoms with Crippen molar-refractivity contribution in [2.45, 2.75) is 32.2 Å². The first-order chi connectivity index (χ1) is 6.25. The molecule has 2 N–H and O–H groups in total. The summed E-state index contributed by atoms with van der Waals surface area (Å²) >= 11 is 2.35. The van der Waals surface area contributed by atoms with Crippen LogP contribution in [0.2, 0.25) is 0 Å². The number of hydrogen-bond acceptors (Lipinski definition) is 1. The zero-order valence-electron chi connectivity index (χ0n) is 8.37. The van der Waals surface area contributed by atoms with Crippen molar-refractivity contribution in [2.24, 2.45) is 5.73 Å². The van der Waals surface area contributed by atoms with Gasteiger partial charge in [0.05, 0.1) is 0 Å². The van der Waals surface area contributed by atoms with Gasteiger partial charge in [0.2, 0.25) is 0 Å². The molecule has 14 heavy (non-hydrogen) atoms. The fourth-order valence-electron chi connectivity index (χ4n) is 1.36. The van der Waals surface area contributed by atoms with E-state index in [2.05, 4.69) is 53.8 Å². The normalized spacial score (nSPS) is 11.9. The fourth-order valence-corrected chi connectivity index (χ4v) is 2.14. The van der Waals surface area contributed by atoms with E-state index in [0.29, 0.717) is 0 Å². The molecule has 0 heterocycles. The van der Waals surface area contributed by atoms with Crippen molar-refractivity contribution in [1.82, 2.24) is 0 Å². The van der Waals surface area contributed by atoms with E-state index in [-0.39, 0.29) is 18.4 Å². The van der Waals surface area contributed by atoms with Crippen molar-refractivity contribution in [2.75, 3.05) is 0 Å². The summed E-state index contributed by atoms with van der Waals surface area (Å²) in [6, 6.07) is 8.57. The van der Waals surface area contributed by atoms with E-state index in [1.807, 2.05) is 0 Å². The summed E-state index contributed by atoms with van der Waals surface area (Å²) in [7, 11) is 0. The summed E-state index contributed by atoms with van der Waals surface area (Å²) in [5.41, 5.74) is 7.37. The Kier molecular flexibility index (Phi) is 7.59. The molecule has 0 aliphatic rings. The van der Waals surface area contributed by atoms with Crippen molar-refractivity contribution in [1.29, 1.82) is 0 Å². The van der Waals surface area contributed by atoms with Crippen LogP contribution in [0, 0.1) is 3.57 Å². The molecule has 80 valence electrons. The first-order valence-electron chi connectivity index (χ1n) is 4.75. The molecule has 0 fully saturated rings. The molecule has 0 radical (unpaired) electrons. The average Bonchev–Trinajstić information content (AvgIpc) is 2.15. The van der Waals surface area contributed by atoms with Gasteiger partial charge in [-0.15, -0.1) is 12.4 Å². The van der Waals surface area contributed by atoms with Crippen molar-refractivity contribution in [3.63, 3.8) is 0 Å². The highest BCUT2D eigenvalue weighted by molar-refractivity contribution is 14.1. The molecule has 0 saturated heterocycles. The van der Waals surface area contributed by atoms with Crippen LogP contribution in [-0.4, -0.2) is 0 Å². The quantitative estimate of drug-likeness (QED) is 0.835. The predicted octanol–water partition coefficient (Wildman–Crippen LogP) is 3.90. The lowest BCUT2D eigenvalue weighted by molar-refractivity contribution is 0.601. The van der Waals surface area contributed by atoms with E-state index in [1.54, 1.807) is 0 Å². The fraction of sp³-hybridized carbons (Fsp3) is 0.455. The highest BCUT2D eigenvalue weighted by Gasteiger charge is 2.07. The molecule has 0 bridgehead atoms. The largest absolute Gasteiger partial charge is 0.324 e. The van der Waals surface area contributed by atoms with Crippen molar-refractivity contribution in [3.05, 3.63) is 33.4 Å². The molecule has 0 saturated carbocycles. The third-order valence-electron chi connectivity index (χ3n) is 2.17. The molecule has 0 spiro atoms. The number of benzene rings is 1. The van der Waals surface area contributed by atoms with Gasteiger partial charge in [0.1, 0.15) is 0 Å². The SMILES string of the molecule is CCCC[C@@H](N)c1ccccc1I.Cl. The van der Waals surface area contributed by atoms with Crippen molar-refractivity contribution >= 4 is 35.0 Å². The van der Waals surface area contributed by atoms with Gasteiger partial charge in [-0.05, 0) is 40.6 Å². The van der Waals surface area contributed by atoms with Crippen LogP contribution in [0.1, 0.15) is 37.8 Å². The summed E-state index contributed by atoms with van der Waals surface area (Å²) < 4.78 is 1.28. The molecule has 1 aromatic carbocycles. The molecular formula is C11H17ClIN. The lowest BCUT2D eigenvalue weighted by atomic mass is 10.0. The number of rotatable bonds is 4. The highest BCUT2D eigenvalue weighted by Crippen LogP contribution is 2.21. The van der Waals surface area contributed by atoms with Gasteiger partial charge < -0.3 is 5.73 Å². The summed E-state index contributed by atoms with van der Waals surface area (Å²) in [6.45, 7) is 2.20. The summed E-state index contributed by atoms with van der Waals surface area (Å²) in [5.74, 6) is 0. The van der Waals surface area contributed by atoms with Crippen LogP contribution in [0.15, 0.2) is 24.3 Å². The van der Waals surface area contributed by atoms with Crippen molar-refractivity contribution < 1.29 is 0 Å². The van der Waals surface area contributed by atoms with E-state index < -0.39 is 0 Å². The van der Waals surface area contributed by atoms with Gasteiger partial charge in [-0.1, -0.05) is 38.0 Å². The smallest absolute Gasteiger partial charge is 0.0305 e. The summed E-state index contributed by atoms with van der Waals surface area (Å²) in [6.07, 6.45) is 3.53. The number of unbranched alkanes of at least 4 members (excludes halogenated alkanes) is 1. The third kappa shape index (κ3) is 4.15. The van der Waals surface area contributed by atoms with Gasteiger partial charge in [-0.3, -0.25) is 0 Å². The Bertz CT molecular complexity index is 265. The van der Waals surface area contributed by atoms with Gasteiger partial charge in [-0.2, -0.15) is 0 Å². The molecule has 0 aliphatic heterocycles. The maximum absolute atomic E-state index is 6.08. The minimum Gasteiger partial charge on any atom is -0.324 e. The molecule has 1 aromatic rings. The average molecular weight is 326 g/mol. The van der Waals surface area contributed by atoms with Crippen LogP contribution in [0.4, 0.5) is 0 Å². The van der Waals surface area contributed by atoms with Crippen LogP contribution in [0.25, 0.3) is 0 Å². The molecular weight excluding hydrogens is 308 g/mol. The second-order valence-corrected chi connectivity index (χ2v) is 4.43. The lowest BCUT2D eigenvalue weighted by Gasteiger charge is -2.12. The zero-order valence-corrected chi connectivity index (χ0v) is 11.3. The Balaban J connectivity index is 0.00000169. The Hall–Kier alpha value is 0.200. The Labute approximate surface area is 106 Å². The van der Waals surface area contributed by atoms with Crippen LogP contribution in [-0.2, 0) is 0 Å². The standard InChI is InChI=1S/C11H16IN.ClH/c1-2-3-8-11(13)9-6-4-5-7-10(9)12;/h4-7,11H,2-3,8,13H2,1H3;1H/t11-;/m1./s1. The van der Waals surface area contributed by atoms with Crippen molar-refractivity contribution in [3.8, 4) is 0 Å². The van der Waals surface area contributed by atoms with Gasteiger partial charge in [0, 0.05) is 9.61 Å². The first-order valence-corrected chi connectivity index (χ1v) is 5.83. The van der Waals surface area contributed by atoms with E-state index in [0.717, 1.165) is 6.42 Å². The van der Waals surface area contributed by atoms with Gasteiger partial charge in [-0.25, -0.2) is 0 Å². The number of hydrogen-bond donors (Lipinski definition) is 1. The summed E-state index contributed by atoms with van der Waals surface area (Å²) in [5, 5.41) is 0. The van der Waals surface area contributed by atoms with Crippen LogP contribution < -0.4 is 5.73 Å². The van der Waals surface area contributed by atoms with E-state index in [4.69, 9.17) is 5.73 Å². The maximum atomic E-state index is 6.08. The minimum atomic E-state index is 0. The van der Waals surface area contributed by atoms with E-state index in [1.165, 1.54) is 22.0 Å². The maximum Gasteiger partial charge on any atom is 0.0305 e. The molecule has 1 atom stereocenters. The Morgan fingerprint density at radius 1 is 1.36 bits per heavy atom. The number of halogens is 2. The second kappa shape index (κ2) is 7.49. The molecule has 3 heteroatoms. The summed E-state index contributed by atoms with van der Waals surface area (Å²) in [4.78, 5) is 0. The molecule has 1 nitrogen and oxygen atoms in total. The number of nitrogens with two attached hydrogens (primary N) is 1. The van der Waals surface area contributed by atoms with E-state index in [9.17, 15) is 0 Å². The van der Waals surface area contributed by atoms with Gasteiger partial charge >= 0.3 is 0 Å². The van der Waals surface area contributed by atoms with Crippen LogP contribution in [0.3, 0.4) is 0 Å². The lowest BCUT2D eigenvalue weighted by Crippen LogP contribution is -2.11. The monoisotopic (exact) mass is 325 g/mol. The second-order valence-electron chi connectivity index (χ2n) is 3.27. The molecule has 1 rings (SSSR count). The minimum absolute atomic E-state index is 0. The van der Waals surface area contributed by atoms with Crippen LogP contribution in [0.5, 0.6) is 0 Å². The van der Waals surface area contributed by atoms with Gasteiger partial charge in [0.25, 0.3) is 0 Å². The van der Waals surface area contributed by atoms with Gasteiger partial charge in [0.15, 0.2) is 0 Å². The molecule has 0 amide bonds. The Morgan fingerprint density at radius 3 is 2.57 bits per heavy atom. The highest BCUT2D eigenvalue weighted by atomic mass is 127. The van der Waals surface area contributed by atoms with Crippen LogP contribution >= 0.6 is 35.0 Å². The topological polar surface area (TPSA) is 26.0 Å². The Morgan fingerprint density at radius 2 is 2.00 bits per heavy atom. The third-order valence-corrected chi connectivity index (χ3v) is 3.16. The molecule has 0 aliphatic carbocycles. The van der Waals surface area contributed by atoms with E-state index >= 15 is 0 Å².